The minimum Gasteiger partial charge on any atom is -0.385 e. The molecule has 0 spiro atoms. The van der Waals surface area contributed by atoms with Gasteiger partial charge in [0.1, 0.15) is 0 Å². The van der Waals surface area contributed by atoms with E-state index < -0.39 is 0 Å². The molecule has 0 aromatic heterocycles. The normalized spacial score (nSPS) is 12.9. The number of methoxy groups -OCH3 is 1. The number of aryl methyl sites for hydroxylation is 1. The number of likely N-dealkylation sites (N-methyl/N-ethyl adjacent to an activating group) is 1. The summed E-state index contributed by atoms with van der Waals surface area (Å²) in [7, 11) is 3.85. The summed E-state index contributed by atoms with van der Waals surface area (Å²) in [5.74, 6) is 0. The molecule has 0 amide bonds. The summed E-state index contributed by atoms with van der Waals surface area (Å²) in [6.07, 6.45) is 3.38. The lowest BCUT2D eigenvalue weighted by molar-refractivity contribution is 0.177. The van der Waals surface area contributed by atoms with Crippen LogP contribution in [0.4, 0.5) is 0 Å². The van der Waals surface area contributed by atoms with E-state index in [2.05, 4.69) is 43.1 Å². The lowest BCUT2D eigenvalue weighted by Crippen LogP contribution is -2.30. The Labute approximate surface area is 117 Å². The molecule has 0 heterocycles. The fourth-order valence-corrected chi connectivity index (χ4v) is 2.23. The molecule has 1 atom stereocenters. The number of rotatable bonds is 9. The molecular formula is C16H28N2O. The van der Waals surface area contributed by atoms with Crippen molar-refractivity contribution in [2.75, 3.05) is 33.9 Å². The molecule has 1 aromatic rings. The van der Waals surface area contributed by atoms with Gasteiger partial charge in [0, 0.05) is 32.8 Å². The summed E-state index contributed by atoms with van der Waals surface area (Å²) in [5.41, 5.74) is 8.87. The van der Waals surface area contributed by atoms with Crippen LogP contribution in [0, 0.1) is 0 Å². The first-order valence-electron chi connectivity index (χ1n) is 7.19. The molecule has 0 bridgehead atoms. The predicted octanol–water partition coefficient (Wildman–Crippen LogP) is 2.61. The third-order valence-electron chi connectivity index (χ3n) is 3.34. The first kappa shape index (κ1) is 16.2. The maximum atomic E-state index is 6.25. The number of benzene rings is 1. The van der Waals surface area contributed by atoms with Gasteiger partial charge in [-0.15, -0.1) is 0 Å². The highest BCUT2D eigenvalue weighted by molar-refractivity contribution is 5.25. The van der Waals surface area contributed by atoms with Crippen LogP contribution in [0.1, 0.15) is 36.9 Å². The minimum absolute atomic E-state index is 0.0863. The zero-order valence-corrected chi connectivity index (χ0v) is 12.6. The Morgan fingerprint density at radius 1 is 1.26 bits per heavy atom. The van der Waals surface area contributed by atoms with Crippen molar-refractivity contribution >= 4 is 0 Å². The molecule has 1 aromatic carbocycles. The molecule has 0 aliphatic rings. The molecule has 19 heavy (non-hydrogen) atoms. The summed E-state index contributed by atoms with van der Waals surface area (Å²) in [6.45, 7) is 4.92. The van der Waals surface area contributed by atoms with Crippen LogP contribution in [-0.4, -0.2) is 38.8 Å². The van der Waals surface area contributed by atoms with Gasteiger partial charge >= 0.3 is 0 Å². The molecule has 1 unspecified atom stereocenters. The Morgan fingerprint density at radius 3 is 2.53 bits per heavy atom. The van der Waals surface area contributed by atoms with E-state index >= 15 is 0 Å². The SMILES string of the molecule is CCCc1ccc(C(N)CN(C)CCCOC)cc1. The molecule has 0 saturated carbocycles. The molecule has 0 aliphatic carbocycles. The number of hydrogen-bond acceptors (Lipinski definition) is 3. The Hall–Kier alpha value is -0.900. The van der Waals surface area contributed by atoms with Gasteiger partial charge in [-0.1, -0.05) is 37.6 Å². The van der Waals surface area contributed by atoms with Gasteiger partial charge in [-0.2, -0.15) is 0 Å². The molecule has 0 fully saturated rings. The topological polar surface area (TPSA) is 38.5 Å². The van der Waals surface area contributed by atoms with E-state index in [0.29, 0.717) is 0 Å². The Kier molecular flexibility index (Phi) is 7.72. The average molecular weight is 264 g/mol. The fraction of sp³-hybridized carbons (Fsp3) is 0.625. The van der Waals surface area contributed by atoms with E-state index in [0.717, 1.165) is 32.5 Å². The molecule has 3 nitrogen and oxygen atoms in total. The lowest BCUT2D eigenvalue weighted by Gasteiger charge is -2.21. The van der Waals surface area contributed by atoms with Gasteiger partial charge < -0.3 is 15.4 Å². The van der Waals surface area contributed by atoms with Crippen molar-refractivity contribution in [1.29, 1.82) is 0 Å². The largest absolute Gasteiger partial charge is 0.385 e. The van der Waals surface area contributed by atoms with Gasteiger partial charge in [-0.25, -0.2) is 0 Å². The second kappa shape index (κ2) is 9.08. The number of ether oxygens (including phenoxy) is 1. The number of hydrogen-bond donors (Lipinski definition) is 1. The quantitative estimate of drug-likeness (QED) is 0.697. The van der Waals surface area contributed by atoms with Gasteiger partial charge in [0.15, 0.2) is 0 Å². The van der Waals surface area contributed by atoms with E-state index in [1.54, 1.807) is 7.11 Å². The second-order valence-corrected chi connectivity index (χ2v) is 5.21. The second-order valence-electron chi connectivity index (χ2n) is 5.21. The van der Waals surface area contributed by atoms with Crippen LogP contribution in [0.25, 0.3) is 0 Å². The summed E-state index contributed by atoms with van der Waals surface area (Å²) in [6, 6.07) is 8.81. The van der Waals surface area contributed by atoms with Crippen molar-refractivity contribution in [3.63, 3.8) is 0 Å². The predicted molar refractivity (Wildman–Crippen MR) is 81.4 cm³/mol. The van der Waals surface area contributed by atoms with Crippen LogP contribution >= 0.6 is 0 Å². The third-order valence-corrected chi connectivity index (χ3v) is 3.34. The van der Waals surface area contributed by atoms with Crippen molar-refractivity contribution in [1.82, 2.24) is 4.90 Å². The van der Waals surface area contributed by atoms with Crippen LogP contribution in [-0.2, 0) is 11.2 Å². The van der Waals surface area contributed by atoms with Crippen LogP contribution in [0.15, 0.2) is 24.3 Å². The Bertz CT molecular complexity index is 337. The first-order valence-corrected chi connectivity index (χ1v) is 7.19. The van der Waals surface area contributed by atoms with E-state index in [4.69, 9.17) is 10.5 Å². The van der Waals surface area contributed by atoms with Gasteiger partial charge in [-0.05, 0) is 31.0 Å². The minimum atomic E-state index is 0.0863. The highest BCUT2D eigenvalue weighted by atomic mass is 16.5. The van der Waals surface area contributed by atoms with E-state index in [1.165, 1.54) is 17.5 Å². The van der Waals surface area contributed by atoms with Crippen LogP contribution in [0.3, 0.4) is 0 Å². The maximum Gasteiger partial charge on any atom is 0.0474 e. The zero-order valence-electron chi connectivity index (χ0n) is 12.6. The van der Waals surface area contributed by atoms with Crippen molar-refractivity contribution in [3.05, 3.63) is 35.4 Å². The standard InChI is InChI=1S/C16H28N2O/c1-4-6-14-7-9-15(10-8-14)16(17)13-18(2)11-5-12-19-3/h7-10,16H,4-6,11-13,17H2,1-3H3. The molecule has 0 radical (unpaired) electrons. The summed E-state index contributed by atoms with van der Waals surface area (Å²) in [4.78, 5) is 2.27. The fourth-order valence-electron chi connectivity index (χ4n) is 2.23. The van der Waals surface area contributed by atoms with Crippen LogP contribution < -0.4 is 5.73 Å². The number of nitrogens with zero attached hydrogens (tertiary/aromatic N) is 1. The maximum absolute atomic E-state index is 6.25. The molecule has 1 rings (SSSR count). The highest BCUT2D eigenvalue weighted by Crippen LogP contribution is 2.13. The van der Waals surface area contributed by atoms with E-state index in [1.807, 2.05) is 0 Å². The lowest BCUT2D eigenvalue weighted by atomic mass is 10.0. The molecule has 2 N–H and O–H groups in total. The Balaban J connectivity index is 2.41. The van der Waals surface area contributed by atoms with E-state index in [-0.39, 0.29) is 6.04 Å². The van der Waals surface area contributed by atoms with Crippen molar-refractivity contribution in [3.8, 4) is 0 Å². The van der Waals surface area contributed by atoms with Gasteiger partial charge in [0.25, 0.3) is 0 Å². The molecule has 0 aliphatic heterocycles. The first-order chi connectivity index (χ1) is 9.17. The van der Waals surface area contributed by atoms with Crippen LogP contribution in [0.2, 0.25) is 0 Å². The average Bonchev–Trinajstić information content (AvgIpc) is 2.40. The highest BCUT2D eigenvalue weighted by Gasteiger charge is 2.09. The Morgan fingerprint density at radius 2 is 1.95 bits per heavy atom. The van der Waals surface area contributed by atoms with Crippen molar-refractivity contribution in [2.45, 2.75) is 32.2 Å². The van der Waals surface area contributed by atoms with Gasteiger partial charge in [-0.3, -0.25) is 0 Å². The molecule has 0 saturated heterocycles. The summed E-state index contributed by atoms with van der Waals surface area (Å²) < 4.78 is 5.06. The smallest absolute Gasteiger partial charge is 0.0474 e. The van der Waals surface area contributed by atoms with Crippen molar-refractivity contribution in [2.24, 2.45) is 5.73 Å². The van der Waals surface area contributed by atoms with E-state index in [9.17, 15) is 0 Å². The third kappa shape index (κ3) is 6.19. The summed E-state index contributed by atoms with van der Waals surface area (Å²) in [5, 5.41) is 0. The van der Waals surface area contributed by atoms with Crippen LogP contribution in [0.5, 0.6) is 0 Å². The molecule has 108 valence electrons. The van der Waals surface area contributed by atoms with Gasteiger partial charge in [0.05, 0.1) is 0 Å². The monoisotopic (exact) mass is 264 g/mol. The molecule has 3 heteroatoms. The number of nitrogens with two attached hydrogens (primary N) is 1. The van der Waals surface area contributed by atoms with Gasteiger partial charge in [0.2, 0.25) is 0 Å². The summed E-state index contributed by atoms with van der Waals surface area (Å²) >= 11 is 0. The van der Waals surface area contributed by atoms with Crippen molar-refractivity contribution < 1.29 is 4.74 Å². The molecular weight excluding hydrogens is 236 g/mol. The zero-order chi connectivity index (χ0) is 14.1.